The van der Waals surface area contributed by atoms with Crippen LogP contribution in [0.5, 0.6) is 0 Å². The normalized spacial score (nSPS) is 18.7. The zero-order valence-electron chi connectivity index (χ0n) is 8.33. The van der Waals surface area contributed by atoms with Crippen LogP contribution in [-0.4, -0.2) is 28.5 Å². The Morgan fingerprint density at radius 3 is 2.71 bits per heavy atom. The molecular formula is C9H13N3O2. The Bertz CT molecular complexity index is 355. The number of ether oxygens (including phenoxy) is 1. The van der Waals surface area contributed by atoms with Crippen molar-refractivity contribution in [1.82, 2.24) is 15.4 Å². The number of hydrogen-bond donors (Lipinski definition) is 1. The van der Waals surface area contributed by atoms with Crippen molar-refractivity contribution in [3.63, 3.8) is 0 Å². The van der Waals surface area contributed by atoms with Crippen LogP contribution in [0.1, 0.15) is 42.4 Å². The number of nitrogens with zero attached hydrogens (tertiary/aromatic N) is 2. The van der Waals surface area contributed by atoms with Crippen LogP contribution in [0, 0.1) is 0 Å². The Morgan fingerprint density at radius 2 is 2.21 bits per heavy atom. The molecule has 0 unspecified atom stereocenters. The topological polar surface area (TPSA) is 67.9 Å². The average molecular weight is 195 g/mol. The van der Waals surface area contributed by atoms with E-state index in [2.05, 4.69) is 27.1 Å². The van der Waals surface area contributed by atoms with Gasteiger partial charge >= 0.3 is 5.97 Å². The maximum atomic E-state index is 11.3. The molecule has 5 heteroatoms. The highest BCUT2D eigenvalue weighted by Gasteiger charge is 2.39. The molecular weight excluding hydrogens is 182 g/mol. The molecule has 0 amide bonds. The molecule has 1 aromatic heterocycles. The van der Waals surface area contributed by atoms with Gasteiger partial charge in [-0.25, -0.2) is 4.79 Å². The molecule has 0 saturated heterocycles. The molecule has 0 radical (unpaired) electrons. The second-order valence-electron chi connectivity index (χ2n) is 3.93. The van der Waals surface area contributed by atoms with Gasteiger partial charge in [-0.05, 0) is 12.8 Å². The third-order valence-corrected chi connectivity index (χ3v) is 2.96. The molecule has 0 atom stereocenters. The first-order valence-corrected chi connectivity index (χ1v) is 4.67. The van der Waals surface area contributed by atoms with Crippen molar-refractivity contribution < 1.29 is 9.53 Å². The molecule has 5 nitrogen and oxygen atoms in total. The predicted octanol–water partition coefficient (Wildman–Crippen LogP) is 1.03. The lowest BCUT2D eigenvalue weighted by molar-refractivity contribution is 0.0588. The molecule has 76 valence electrons. The van der Waals surface area contributed by atoms with Crippen molar-refractivity contribution in [2.24, 2.45) is 0 Å². The molecule has 1 aliphatic carbocycles. The standard InChI is InChI=1S/C9H13N3O2/c1-9(4-3-5-9)7-6(8(13)14-2)10-12-11-7/h3-5H2,1-2H3,(H,10,11,12). The molecule has 1 fully saturated rings. The van der Waals surface area contributed by atoms with E-state index >= 15 is 0 Å². The molecule has 0 aliphatic heterocycles. The maximum Gasteiger partial charge on any atom is 0.360 e. The highest BCUT2D eigenvalue weighted by molar-refractivity contribution is 5.88. The smallest absolute Gasteiger partial charge is 0.360 e. The van der Waals surface area contributed by atoms with Crippen LogP contribution in [0.2, 0.25) is 0 Å². The van der Waals surface area contributed by atoms with Gasteiger partial charge in [0.15, 0.2) is 5.69 Å². The highest BCUT2D eigenvalue weighted by Crippen LogP contribution is 2.43. The van der Waals surface area contributed by atoms with Crippen LogP contribution in [-0.2, 0) is 10.2 Å². The van der Waals surface area contributed by atoms with Crippen molar-refractivity contribution in [2.75, 3.05) is 7.11 Å². The Morgan fingerprint density at radius 1 is 1.50 bits per heavy atom. The van der Waals surface area contributed by atoms with Gasteiger partial charge in [0.05, 0.1) is 7.11 Å². The zero-order chi connectivity index (χ0) is 10.2. The van der Waals surface area contributed by atoms with E-state index in [1.807, 2.05) is 0 Å². The first-order chi connectivity index (χ1) is 6.67. The van der Waals surface area contributed by atoms with Gasteiger partial charge in [0.2, 0.25) is 0 Å². The summed E-state index contributed by atoms with van der Waals surface area (Å²) in [5.74, 6) is -0.415. The summed E-state index contributed by atoms with van der Waals surface area (Å²) in [5.41, 5.74) is 1.08. The van der Waals surface area contributed by atoms with Crippen LogP contribution < -0.4 is 0 Å². The summed E-state index contributed by atoms with van der Waals surface area (Å²) in [4.78, 5) is 11.3. The Balaban J connectivity index is 2.34. The number of carbonyl (C=O) groups excluding carboxylic acids is 1. The van der Waals surface area contributed by atoms with E-state index in [9.17, 15) is 4.79 Å². The average Bonchev–Trinajstić information content (AvgIpc) is 2.61. The van der Waals surface area contributed by atoms with E-state index in [-0.39, 0.29) is 5.41 Å². The van der Waals surface area contributed by atoms with Crippen LogP contribution in [0.4, 0.5) is 0 Å². The quantitative estimate of drug-likeness (QED) is 0.716. The first kappa shape index (κ1) is 9.18. The van der Waals surface area contributed by atoms with Gasteiger partial charge in [-0.3, -0.25) is 0 Å². The fraction of sp³-hybridized carbons (Fsp3) is 0.667. The number of nitrogens with one attached hydrogen (secondary N) is 1. The minimum atomic E-state index is -0.415. The minimum absolute atomic E-state index is 0.0104. The number of esters is 1. The molecule has 1 aliphatic rings. The summed E-state index contributed by atoms with van der Waals surface area (Å²) >= 11 is 0. The number of H-pyrrole nitrogens is 1. The number of methoxy groups -OCH3 is 1. The number of aromatic nitrogens is 3. The number of aromatic amines is 1. The summed E-state index contributed by atoms with van der Waals surface area (Å²) in [5, 5.41) is 10.4. The van der Waals surface area contributed by atoms with E-state index in [0.29, 0.717) is 5.69 Å². The van der Waals surface area contributed by atoms with Crippen LogP contribution in [0.15, 0.2) is 0 Å². The van der Waals surface area contributed by atoms with Crippen LogP contribution in [0.3, 0.4) is 0 Å². The first-order valence-electron chi connectivity index (χ1n) is 4.67. The van der Waals surface area contributed by atoms with Crippen molar-refractivity contribution in [1.29, 1.82) is 0 Å². The molecule has 1 aromatic rings. The van der Waals surface area contributed by atoms with Crippen LogP contribution in [0.25, 0.3) is 0 Å². The van der Waals surface area contributed by atoms with E-state index in [0.717, 1.165) is 18.5 Å². The summed E-state index contributed by atoms with van der Waals surface area (Å²) in [7, 11) is 1.35. The van der Waals surface area contributed by atoms with Gasteiger partial charge < -0.3 is 4.74 Å². The lowest BCUT2D eigenvalue weighted by Gasteiger charge is -2.36. The lowest BCUT2D eigenvalue weighted by Crippen LogP contribution is -2.32. The van der Waals surface area contributed by atoms with Crippen molar-refractivity contribution in [2.45, 2.75) is 31.6 Å². The van der Waals surface area contributed by atoms with Gasteiger partial charge in [-0.2, -0.15) is 10.3 Å². The zero-order valence-corrected chi connectivity index (χ0v) is 8.33. The number of rotatable bonds is 2. The summed E-state index contributed by atoms with van der Waals surface area (Å²) in [6, 6.07) is 0. The minimum Gasteiger partial charge on any atom is -0.464 e. The highest BCUT2D eigenvalue weighted by atomic mass is 16.5. The molecule has 0 spiro atoms. The van der Waals surface area contributed by atoms with Gasteiger partial charge in [0.1, 0.15) is 5.69 Å². The van der Waals surface area contributed by atoms with Crippen molar-refractivity contribution in [3.8, 4) is 0 Å². The van der Waals surface area contributed by atoms with Crippen molar-refractivity contribution >= 4 is 5.97 Å². The Kier molecular flexibility index (Phi) is 2.02. The van der Waals surface area contributed by atoms with Gasteiger partial charge in [0, 0.05) is 5.41 Å². The maximum absolute atomic E-state index is 11.3. The van der Waals surface area contributed by atoms with E-state index in [4.69, 9.17) is 0 Å². The van der Waals surface area contributed by atoms with Crippen molar-refractivity contribution in [3.05, 3.63) is 11.4 Å². The monoisotopic (exact) mass is 195 g/mol. The van der Waals surface area contributed by atoms with E-state index in [1.165, 1.54) is 13.5 Å². The second kappa shape index (κ2) is 3.08. The lowest BCUT2D eigenvalue weighted by atomic mass is 9.68. The third-order valence-electron chi connectivity index (χ3n) is 2.96. The van der Waals surface area contributed by atoms with Gasteiger partial charge in [0.25, 0.3) is 0 Å². The predicted molar refractivity (Wildman–Crippen MR) is 48.9 cm³/mol. The van der Waals surface area contributed by atoms with Gasteiger partial charge in [-0.1, -0.05) is 13.3 Å². The molecule has 0 bridgehead atoms. The second-order valence-corrected chi connectivity index (χ2v) is 3.93. The largest absolute Gasteiger partial charge is 0.464 e. The summed E-state index contributed by atoms with van der Waals surface area (Å²) in [6.07, 6.45) is 3.30. The Hall–Kier alpha value is -1.39. The number of carbonyl (C=O) groups is 1. The van der Waals surface area contributed by atoms with Crippen LogP contribution >= 0.6 is 0 Å². The molecule has 0 aromatic carbocycles. The molecule has 14 heavy (non-hydrogen) atoms. The number of hydrogen-bond acceptors (Lipinski definition) is 4. The summed E-state index contributed by atoms with van der Waals surface area (Å²) < 4.78 is 4.64. The van der Waals surface area contributed by atoms with E-state index < -0.39 is 5.97 Å². The fourth-order valence-corrected chi connectivity index (χ4v) is 1.83. The Labute approximate surface area is 81.8 Å². The summed E-state index contributed by atoms with van der Waals surface area (Å²) in [6.45, 7) is 2.10. The molecule has 2 rings (SSSR count). The molecule has 1 N–H and O–H groups in total. The fourth-order valence-electron chi connectivity index (χ4n) is 1.83. The third kappa shape index (κ3) is 1.20. The SMILES string of the molecule is COC(=O)c1n[nH]nc1C1(C)CCC1. The molecule has 1 saturated carbocycles. The van der Waals surface area contributed by atoms with Gasteiger partial charge in [-0.15, -0.1) is 5.10 Å². The molecule has 1 heterocycles. The van der Waals surface area contributed by atoms with E-state index in [1.54, 1.807) is 0 Å².